The third kappa shape index (κ3) is 3.33. The number of nitrogens with zero attached hydrogens (tertiary/aromatic N) is 3. The quantitative estimate of drug-likeness (QED) is 0.686. The fourth-order valence-corrected chi connectivity index (χ4v) is 3.65. The predicted molar refractivity (Wildman–Crippen MR) is 74.2 cm³/mol. The summed E-state index contributed by atoms with van der Waals surface area (Å²) in [5.74, 6) is 2.70. The second kappa shape index (κ2) is 6.91. The molecule has 102 valence electrons. The number of hydrogen-bond donors (Lipinski definition) is 0. The zero-order valence-electron chi connectivity index (χ0n) is 11.9. The maximum atomic E-state index is 4.13. The molecule has 0 saturated heterocycles. The minimum Gasteiger partial charge on any atom is -0.252 e. The Labute approximate surface area is 111 Å². The van der Waals surface area contributed by atoms with Gasteiger partial charge in [-0.3, -0.25) is 4.68 Å². The molecule has 3 atom stereocenters. The summed E-state index contributed by atoms with van der Waals surface area (Å²) in [5, 5.41) is 8.05. The van der Waals surface area contributed by atoms with Crippen LogP contribution in [0.5, 0.6) is 0 Å². The van der Waals surface area contributed by atoms with Crippen LogP contribution < -0.4 is 0 Å². The van der Waals surface area contributed by atoms with Crippen molar-refractivity contribution >= 4 is 0 Å². The van der Waals surface area contributed by atoms with E-state index in [1.807, 2.05) is 10.9 Å². The summed E-state index contributed by atoms with van der Waals surface area (Å²) < 4.78 is 2.02. The Morgan fingerprint density at radius 1 is 1.17 bits per heavy atom. The van der Waals surface area contributed by atoms with Crippen molar-refractivity contribution in [2.75, 3.05) is 0 Å². The Morgan fingerprint density at radius 2 is 2.00 bits per heavy atom. The molecule has 0 aromatic carbocycles. The van der Waals surface area contributed by atoms with Gasteiger partial charge in [-0.2, -0.15) is 0 Å². The molecule has 1 aliphatic rings. The van der Waals surface area contributed by atoms with E-state index >= 15 is 0 Å². The van der Waals surface area contributed by atoms with E-state index in [0.29, 0.717) is 0 Å². The van der Waals surface area contributed by atoms with Crippen LogP contribution in [0.3, 0.4) is 0 Å². The monoisotopic (exact) mass is 249 g/mol. The van der Waals surface area contributed by atoms with Crippen LogP contribution in [0, 0.1) is 17.8 Å². The van der Waals surface area contributed by atoms with Gasteiger partial charge in [0.15, 0.2) is 0 Å². The molecule has 0 amide bonds. The first-order valence-electron chi connectivity index (χ1n) is 7.69. The Hall–Kier alpha value is -0.860. The summed E-state index contributed by atoms with van der Waals surface area (Å²) in [6.07, 6.45) is 13.5. The molecule has 0 spiro atoms. The highest BCUT2D eigenvalue weighted by Gasteiger charge is 2.34. The fourth-order valence-electron chi connectivity index (χ4n) is 3.65. The van der Waals surface area contributed by atoms with Crippen molar-refractivity contribution in [2.24, 2.45) is 17.8 Å². The summed E-state index contributed by atoms with van der Waals surface area (Å²) in [6, 6.07) is 0. The van der Waals surface area contributed by atoms with E-state index < -0.39 is 0 Å². The van der Waals surface area contributed by atoms with Gasteiger partial charge in [0.05, 0.1) is 6.20 Å². The Morgan fingerprint density at radius 3 is 2.67 bits per heavy atom. The summed E-state index contributed by atoms with van der Waals surface area (Å²) in [7, 11) is 0. The smallest absolute Gasteiger partial charge is 0.0692 e. The van der Waals surface area contributed by atoms with Crippen LogP contribution in [0.4, 0.5) is 0 Å². The molecule has 0 bridgehead atoms. The van der Waals surface area contributed by atoms with Crippen LogP contribution in [0.2, 0.25) is 0 Å². The Kier molecular flexibility index (Phi) is 5.21. The van der Waals surface area contributed by atoms with Crippen LogP contribution >= 0.6 is 0 Å². The normalized spacial score (nSPS) is 27.8. The lowest BCUT2D eigenvalue weighted by molar-refractivity contribution is 0.248. The van der Waals surface area contributed by atoms with Crippen molar-refractivity contribution in [3.05, 3.63) is 12.4 Å². The maximum absolute atomic E-state index is 4.13. The number of unbranched alkanes of at least 4 members (excludes halogenated alkanes) is 2. The standard InChI is InChI=1S/C15H27N3/c1-3-5-6-7-15-13(4-2)8-9-14(15)12-18-11-10-16-17-18/h10-11,13-15H,3-9,12H2,1-2H3. The molecular weight excluding hydrogens is 222 g/mol. The predicted octanol–water partition coefficient (Wildman–Crippen LogP) is 3.91. The number of rotatable bonds is 7. The Bertz CT molecular complexity index is 320. The molecule has 18 heavy (non-hydrogen) atoms. The molecule has 3 unspecified atom stereocenters. The van der Waals surface area contributed by atoms with E-state index in [0.717, 1.165) is 24.3 Å². The molecule has 1 aromatic rings. The molecular formula is C15H27N3. The lowest BCUT2D eigenvalue weighted by Gasteiger charge is -2.24. The molecule has 0 radical (unpaired) electrons. The van der Waals surface area contributed by atoms with Gasteiger partial charge >= 0.3 is 0 Å². The number of aromatic nitrogens is 3. The molecule has 1 fully saturated rings. The first-order chi connectivity index (χ1) is 8.85. The van der Waals surface area contributed by atoms with E-state index in [9.17, 15) is 0 Å². The molecule has 1 saturated carbocycles. The van der Waals surface area contributed by atoms with Crippen molar-refractivity contribution in [1.29, 1.82) is 0 Å². The van der Waals surface area contributed by atoms with Gasteiger partial charge in [-0.25, -0.2) is 0 Å². The fraction of sp³-hybridized carbons (Fsp3) is 0.867. The molecule has 3 heteroatoms. The van der Waals surface area contributed by atoms with Gasteiger partial charge < -0.3 is 0 Å². The van der Waals surface area contributed by atoms with E-state index in [1.54, 1.807) is 6.20 Å². The van der Waals surface area contributed by atoms with Crippen molar-refractivity contribution < 1.29 is 0 Å². The molecule has 1 aliphatic carbocycles. The van der Waals surface area contributed by atoms with Crippen LogP contribution in [0.25, 0.3) is 0 Å². The molecule has 0 aliphatic heterocycles. The van der Waals surface area contributed by atoms with Crippen LogP contribution in [0.15, 0.2) is 12.4 Å². The largest absolute Gasteiger partial charge is 0.252 e. The molecule has 0 N–H and O–H groups in total. The second-order valence-corrected chi connectivity index (χ2v) is 5.79. The highest BCUT2D eigenvalue weighted by Crippen LogP contribution is 2.42. The maximum Gasteiger partial charge on any atom is 0.0692 e. The molecule has 1 heterocycles. The average Bonchev–Trinajstić information content (AvgIpc) is 3.01. The van der Waals surface area contributed by atoms with Gasteiger partial charge in [0.1, 0.15) is 0 Å². The third-order valence-corrected chi connectivity index (χ3v) is 4.68. The Balaban J connectivity index is 1.90. The van der Waals surface area contributed by atoms with E-state index in [-0.39, 0.29) is 0 Å². The third-order valence-electron chi connectivity index (χ3n) is 4.68. The zero-order valence-corrected chi connectivity index (χ0v) is 11.9. The molecule has 2 rings (SSSR count). The SMILES string of the molecule is CCCCCC1C(CC)CCC1Cn1ccnn1. The van der Waals surface area contributed by atoms with Crippen molar-refractivity contribution in [2.45, 2.75) is 65.3 Å². The highest BCUT2D eigenvalue weighted by molar-refractivity contribution is 4.84. The van der Waals surface area contributed by atoms with Gasteiger partial charge in [0, 0.05) is 12.7 Å². The minimum atomic E-state index is 0.827. The number of hydrogen-bond acceptors (Lipinski definition) is 2. The zero-order chi connectivity index (χ0) is 12.8. The van der Waals surface area contributed by atoms with Gasteiger partial charge in [-0.15, -0.1) is 5.10 Å². The summed E-state index contributed by atoms with van der Waals surface area (Å²) in [4.78, 5) is 0. The van der Waals surface area contributed by atoms with Gasteiger partial charge in [0.25, 0.3) is 0 Å². The topological polar surface area (TPSA) is 30.7 Å². The van der Waals surface area contributed by atoms with Crippen LogP contribution in [0.1, 0.15) is 58.8 Å². The summed E-state index contributed by atoms with van der Waals surface area (Å²) >= 11 is 0. The first-order valence-corrected chi connectivity index (χ1v) is 7.69. The lowest BCUT2D eigenvalue weighted by atomic mass is 9.83. The highest BCUT2D eigenvalue weighted by atomic mass is 15.4. The van der Waals surface area contributed by atoms with E-state index in [1.165, 1.54) is 44.9 Å². The van der Waals surface area contributed by atoms with Gasteiger partial charge in [-0.05, 0) is 37.0 Å². The molecule has 3 nitrogen and oxygen atoms in total. The summed E-state index contributed by atoms with van der Waals surface area (Å²) in [5.41, 5.74) is 0. The van der Waals surface area contributed by atoms with Gasteiger partial charge in [-0.1, -0.05) is 44.7 Å². The summed E-state index contributed by atoms with van der Waals surface area (Å²) in [6.45, 7) is 5.72. The van der Waals surface area contributed by atoms with E-state index in [2.05, 4.69) is 24.2 Å². The van der Waals surface area contributed by atoms with Gasteiger partial charge in [0.2, 0.25) is 0 Å². The second-order valence-electron chi connectivity index (χ2n) is 5.79. The lowest BCUT2D eigenvalue weighted by Crippen LogP contribution is -2.20. The average molecular weight is 249 g/mol. The molecule has 1 aromatic heterocycles. The van der Waals surface area contributed by atoms with Crippen LogP contribution in [-0.2, 0) is 6.54 Å². The van der Waals surface area contributed by atoms with Crippen molar-refractivity contribution in [1.82, 2.24) is 15.0 Å². The van der Waals surface area contributed by atoms with Crippen molar-refractivity contribution in [3.63, 3.8) is 0 Å². The van der Waals surface area contributed by atoms with Crippen molar-refractivity contribution in [3.8, 4) is 0 Å². The first kappa shape index (κ1) is 13.6. The van der Waals surface area contributed by atoms with E-state index in [4.69, 9.17) is 0 Å². The van der Waals surface area contributed by atoms with Crippen LogP contribution in [-0.4, -0.2) is 15.0 Å². The minimum absolute atomic E-state index is 0.827.